The number of hydrogen-bond acceptors (Lipinski definition) is 6. The summed E-state index contributed by atoms with van der Waals surface area (Å²) in [6.45, 7) is 0.0995. The number of Topliss-reactive ketones (excluding diaryl/α,β-unsaturated/α-hetero) is 1. The molecule has 1 unspecified atom stereocenters. The number of benzene rings is 2. The Morgan fingerprint density at radius 2 is 1.73 bits per heavy atom. The Hall–Kier alpha value is -3.84. The van der Waals surface area contributed by atoms with E-state index in [-0.39, 0.29) is 34.2 Å². The van der Waals surface area contributed by atoms with Crippen LogP contribution in [0.5, 0.6) is 11.5 Å². The molecule has 0 bridgehead atoms. The van der Waals surface area contributed by atoms with Gasteiger partial charge in [-0.3, -0.25) is 14.6 Å². The van der Waals surface area contributed by atoms with Crippen LogP contribution >= 0.6 is 11.6 Å². The zero-order valence-electron chi connectivity index (χ0n) is 18.0. The fraction of sp³-hybridized carbons (Fsp3) is 0.160. The minimum absolute atomic E-state index is 0.0540. The number of ketones is 1. The number of ether oxygens (including phenoxy) is 2. The third-order valence-corrected chi connectivity index (χ3v) is 5.74. The standard InChI is InChI=1S/C25H21ClN2O5/c1-32-19-13-20(33-2)18(26)12-17(19)23(29)21-22(15-8-4-3-5-9-15)28(25(31)24(21)30)14-16-10-6-7-11-27-16/h3-13,22,29H,14H2,1-2H3/b23-21+. The fourth-order valence-corrected chi connectivity index (χ4v) is 4.12. The van der Waals surface area contributed by atoms with Crippen LogP contribution in [0.1, 0.15) is 22.9 Å². The molecule has 0 aliphatic carbocycles. The van der Waals surface area contributed by atoms with Gasteiger partial charge >= 0.3 is 0 Å². The van der Waals surface area contributed by atoms with Crippen molar-refractivity contribution < 1.29 is 24.2 Å². The first-order chi connectivity index (χ1) is 16.0. The molecule has 1 aliphatic heterocycles. The van der Waals surface area contributed by atoms with E-state index >= 15 is 0 Å². The lowest BCUT2D eigenvalue weighted by Gasteiger charge is -2.25. The molecule has 0 spiro atoms. The van der Waals surface area contributed by atoms with Crippen molar-refractivity contribution in [1.29, 1.82) is 0 Å². The number of hydrogen-bond donors (Lipinski definition) is 1. The summed E-state index contributed by atoms with van der Waals surface area (Å²) < 4.78 is 10.6. The summed E-state index contributed by atoms with van der Waals surface area (Å²) in [6, 6.07) is 16.5. The van der Waals surface area contributed by atoms with E-state index < -0.39 is 17.7 Å². The van der Waals surface area contributed by atoms with E-state index in [2.05, 4.69) is 4.98 Å². The number of likely N-dealkylation sites (tertiary alicyclic amines) is 1. The summed E-state index contributed by atoms with van der Waals surface area (Å²) in [7, 11) is 2.88. The van der Waals surface area contributed by atoms with Gasteiger partial charge in [0.05, 0.1) is 48.7 Å². The molecule has 1 amide bonds. The van der Waals surface area contributed by atoms with Gasteiger partial charge in [0.15, 0.2) is 0 Å². The first-order valence-electron chi connectivity index (χ1n) is 10.1. The number of carbonyl (C=O) groups is 2. The number of carbonyl (C=O) groups excluding carboxylic acids is 2. The highest BCUT2D eigenvalue weighted by atomic mass is 35.5. The number of aliphatic hydroxyl groups is 1. The van der Waals surface area contributed by atoms with Crippen LogP contribution in [0.4, 0.5) is 0 Å². The maximum atomic E-state index is 13.2. The number of aromatic nitrogens is 1. The highest BCUT2D eigenvalue weighted by Crippen LogP contribution is 2.43. The van der Waals surface area contributed by atoms with Crippen molar-refractivity contribution in [2.24, 2.45) is 0 Å². The van der Waals surface area contributed by atoms with Gasteiger partial charge in [-0.25, -0.2) is 0 Å². The second-order valence-corrected chi connectivity index (χ2v) is 7.75. The number of pyridine rings is 1. The number of amides is 1. The van der Waals surface area contributed by atoms with Gasteiger partial charge in [0.2, 0.25) is 0 Å². The number of halogens is 1. The van der Waals surface area contributed by atoms with E-state index in [1.165, 1.54) is 31.3 Å². The third-order valence-electron chi connectivity index (χ3n) is 5.44. The summed E-state index contributed by atoms with van der Waals surface area (Å²) in [4.78, 5) is 32.0. The monoisotopic (exact) mass is 464 g/mol. The quantitative estimate of drug-likeness (QED) is 0.331. The highest BCUT2D eigenvalue weighted by molar-refractivity contribution is 6.46. The second kappa shape index (κ2) is 9.34. The van der Waals surface area contributed by atoms with E-state index in [9.17, 15) is 14.7 Å². The van der Waals surface area contributed by atoms with Crippen molar-refractivity contribution in [3.63, 3.8) is 0 Å². The van der Waals surface area contributed by atoms with Crippen LogP contribution in [0.2, 0.25) is 5.02 Å². The van der Waals surface area contributed by atoms with Crippen LogP contribution in [-0.4, -0.2) is 40.9 Å². The topological polar surface area (TPSA) is 89.0 Å². The van der Waals surface area contributed by atoms with Crippen LogP contribution in [0, 0.1) is 0 Å². The Kier molecular flexibility index (Phi) is 6.33. The predicted octanol–water partition coefficient (Wildman–Crippen LogP) is 4.37. The van der Waals surface area contributed by atoms with E-state index in [1.54, 1.807) is 48.7 Å². The van der Waals surface area contributed by atoms with Crippen molar-refractivity contribution >= 4 is 29.1 Å². The van der Waals surface area contributed by atoms with Crippen molar-refractivity contribution in [1.82, 2.24) is 9.88 Å². The zero-order chi connectivity index (χ0) is 23.5. The van der Waals surface area contributed by atoms with Crippen molar-refractivity contribution in [3.8, 4) is 11.5 Å². The largest absolute Gasteiger partial charge is 0.507 e. The Balaban J connectivity index is 1.90. The molecule has 3 aromatic rings. The molecule has 8 heteroatoms. The van der Waals surface area contributed by atoms with Gasteiger partial charge in [-0.1, -0.05) is 48.0 Å². The molecule has 0 saturated carbocycles. The average molecular weight is 465 g/mol. The number of aliphatic hydroxyl groups excluding tert-OH is 1. The first-order valence-corrected chi connectivity index (χ1v) is 10.5. The van der Waals surface area contributed by atoms with E-state index in [0.717, 1.165) is 0 Å². The molecule has 1 aliphatic rings. The van der Waals surface area contributed by atoms with Gasteiger partial charge in [-0.05, 0) is 23.8 Å². The Morgan fingerprint density at radius 3 is 2.36 bits per heavy atom. The van der Waals surface area contributed by atoms with E-state index in [1.807, 2.05) is 6.07 Å². The Bertz CT molecular complexity index is 1230. The summed E-state index contributed by atoms with van der Waals surface area (Å²) in [5.41, 5.74) is 1.42. The van der Waals surface area contributed by atoms with Crippen LogP contribution < -0.4 is 9.47 Å². The van der Waals surface area contributed by atoms with E-state index in [0.29, 0.717) is 17.0 Å². The van der Waals surface area contributed by atoms with Crippen LogP contribution in [-0.2, 0) is 16.1 Å². The maximum absolute atomic E-state index is 13.2. The summed E-state index contributed by atoms with van der Waals surface area (Å²) in [5.74, 6) is -1.31. The number of methoxy groups -OCH3 is 2. The normalized spacial score (nSPS) is 17.3. The molecule has 1 N–H and O–H groups in total. The molecule has 0 radical (unpaired) electrons. The molecular weight excluding hydrogens is 444 g/mol. The lowest BCUT2D eigenvalue weighted by molar-refractivity contribution is -0.140. The van der Waals surface area contributed by atoms with Crippen LogP contribution in [0.3, 0.4) is 0 Å². The van der Waals surface area contributed by atoms with Crippen molar-refractivity contribution in [3.05, 3.63) is 94.3 Å². The Labute approximate surface area is 195 Å². The summed E-state index contributed by atoms with van der Waals surface area (Å²) in [5, 5.41) is 11.5. The minimum atomic E-state index is -0.821. The van der Waals surface area contributed by atoms with Crippen molar-refractivity contribution in [2.45, 2.75) is 12.6 Å². The van der Waals surface area contributed by atoms with Gasteiger partial charge in [0, 0.05) is 12.3 Å². The molecular formula is C25H21ClN2O5. The second-order valence-electron chi connectivity index (χ2n) is 7.35. The van der Waals surface area contributed by atoms with Crippen molar-refractivity contribution in [2.75, 3.05) is 14.2 Å². The molecule has 7 nitrogen and oxygen atoms in total. The fourth-order valence-electron chi connectivity index (χ4n) is 3.88. The first kappa shape index (κ1) is 22.4. The van der Waals surface area contributed by atoms with Crippen LogP contribution in [0.15, 0.2) is 72.4 Å². The van der Waals surface area contributed by atoms with Gasteiger partial charge in [0.25, 0.3) is 11.7 Å². The molecule has 1 atom stereocenters. The molecule has 1 saturated heterocycles. The molecule has 33 heavy (non-hydrogen) atoms. The molecule has 1 aromatic heterocycles. The maximum Gasteiger partial charge on any atom is 0.296 e. The lowest BCUT2D eigenvalue weighted by atomic mass is 9.95. The minimum Gasteiger partial charge on any atom is -0.507 e. The number of rotatable bonds is 6. The zero-order valence-corrected chi connectivity index (χ0v) is 18.7. The molecule has 4 rings (SSSR count). The van der Waals surface area contributed by atoms with Gasteiger partial charge in [-0.15, -0.1) is 0 Å². The van der Waals surface area contributed by atoms with Crippen LogP contribution in [0.25, 0.3) is 5.76 Å². The SMILES string of the molecule is COc1cc(OC)c(/C(O)=C2\C(=O)C(=O)N(Cc3ccccn3)C2c2ccccc2)cc1Cl. The molecule has 1 fully saturated rings. The summed E-state index contributed by atoms with van der Waals surface area (Å²) >= 11 is 6.28. The summed E-state index contributed by atoms with van der Waals surface area (Å²) in [6.07, 6.45) is 1.62. The Morgan fingerprint density at radius 1 is 1.03 bits per heavy atom. The van der Waals surface area contributed by atoms with Gasteiger partial charge in [0.1, 0.15) is 17.3 Å². The average Bonchev–Trinajstić information content (AvgIpc) is 3.09. The molecule has 2 aromatic carbocycles. The van der Waals surface area contributed by atoms with Gasteiger partial charge < -0.3 is 19.5 Å². The highest BCUT2D eigenvalue weighted by Gasteiger charge is 2.46. The number of nitrogens with zero attached hydrogens (tertiary/aromatic N) is 2. The van der Waals surface area contributed by atoms with E-state index in [4.69, 9.17) is 21.1 Å². The molecule has 168 valence electrons. The lowest BCUT2D eigenvalue weighted by Crippen LogP contribution is -2.29. The van der Waals surface area contributed by atoms with Gasteiger partial charge in [-0.2, -0.15) is 0 Å². The smallest absolute Gasteiger partial charge is 0.296 e. The third kappa shape index (κ3) is 4.15. The molecule has 2 heterocycles. The predicted molar refractivity (Wildman–Crippen MR) is 123 cm³/mol.